The third kappa shape index (κ3) is 2.53. The summed E-state index contributed by atoms with van der Waals surface area (Å²) in [6.07, 6.45) is -4.85. The fraction of sp³-hybridized carbons (Fsp3) is 0.231. The Kier molecular flexibility index (Phi) is 3.43. The van der Waals surface area contributed by atoms with E-state index < -0.39 is 29.0 Å². The average molecular weight is 342 g/mol. The molecule has 0 fully saturated rings. The lowest BCUT2D eigenvalue weighted by atomic mass is 10.3. The van der Waals surface area contributed by atoms with Crippen LogP contribution in [0, 0.1) is 0 Å². The Balaban J connectivity index is 2.20. The highest BCUT2D eigenvalue weighted by Crippen LogP contribution is 2.28. The molecule has 0 saturated heterocycles. The van der Waals surface area contributed by atoms with Gasteiger partial charge in [0.2, 0.25) is 0 Å². The van der Waals surface area contributed by atoms with Crippen molar-refractivity contribution in [1.82, 2.24) is 14.1 Å². The van der Waals surface area contributed by atoms with Crippen LogP contribution in [0.1, 0.15) is 5.69 Å². The van der Waals surface area contributed by atoms with Crippen LogP contribution in [0.4, 0.5) is 19.0 Å². The first-order valence-electron chi connectivity index (χ1n) is 6.53. The zero-order valence-corrected chi connectivity index (χ0v) is 12.0. The maximum atomic E-state index is 12.8. The van der Waals surface area contributed by atoms with Crippen LogP contribution >= 0.6 is 0 Å². The third-order valence-electron chi connectivity index (χ3n) is 3.30. The van der Waals surface area contributed by atoms with E-state index in [1.807, 2.05) is 0 Å². The van der Waals surface area contributed by atoms with E-state index in [2.05, 4.69) is 10.3 Å². The van der Waals surface area contributed by atoms with Crippen LogP contribution in [0.25, 0.3) is 5.82 Å². The van der Waals surface area contributed by atoms with Crippen molar-refractivity contribution in [2.24, 2.45) is 7.05 Å². The second kappa shape index (κ2) is 5.22. The Hall–Kier alpha value is -3.11. The monoisotopic (exact) mass is 342 g/mol. The van der Waals surface area contributed by atoms with E-state index in [1.54, 1.807) is 0 Å². The van der Waals surface area contributed by atoms with Gasteiger partial charge in [0.05, 0.1) is 0 Å². The van der Waals surface area contributed by atoms with E-state index in [0.29, 0.717) is 15.2 Å². The summed E-state index contributed by atoms with van der Waals surface area (Å²) in [5.41, 5.74) is -3.78. The van der Waals surface area contributed by atoms with Crippen LogP contribution < -0.4 is 21.3 Å². The lowest BCUT2D eigenvalue weighted by Gasteiger charge is -2.18. The minimum atomic E-state index is -4.85. The molecule has 24 heavy (non-hydrogen) atoms. The molecule has 0 spiro atoms. The first-order valence-corrected chi connectivity index (χ1v) is 6.53. The minimum absolute atomic E-state index is 0.0300. The molecule has 2 aromatic heterocycles. The molecule has 126 valence electrons. The van der Waals surface area contributed by atoms with Gasteiger partial charge in [0.1, 0.15) is 11.5 Å². The van der Waals surface area contributed by atoms with Gasteiger partial charge in [-0.2, -0.15) is 13.2 Å². The first kappa shape index (κ1) is 15.8. The van der Waals surface area contributed by atoms with Crippen LogP contribution in [0.2, 0.25) is 0 Å². The van der Waals surface area contributed by atoms with Crippen molar-refractivity contribution in [1.29, 1.82) is 0 Å². The van der Waals surface area contributed by atoms with Crippen molar-refractivity contribution >= 4 is 11.7 Å². The Bertz CT molecular complexity index is 961. The SMILES string of the molecule is Cn1c(C(F)(F)F)cc(=O)n(-c2ccc3c(n2)NC(=O)CO3)c1=O. The van der Waals surface area contributed by atoms with Crippen LogP contribution in [0.5, 0.6) is 5.75 Å². The molecule has 0 bridgehead atoms. The Morgan fingerprint density at radius 2 is 1.96 bits per heavy atom. The fourth-order valence-corrected chi connectivity index (χ4v) is 2.19. The summed E-state index contributed by atoms with van der Waals surface area (Å²) in [7, 11) is 0.893. The molecule has 2 aromatic rings. The zero-order chi connectivity index (χ0) is 17.6. The molecule has 1 aliphatic rings. The number of ether oxygens (including phenoxy) is 1. The number of aromatic nitrogens is 3. The predicted molar refractivity (Wildman–Crippen MR) is 74.2 cm³/mol. The number of nitrogens with one attached hydrogen (secondary N) is 1. The van der Waals surface area contributed by atoms with E-state index in [1.165, 1.54) is 12.1 Å². The summed E-state index contributed by atoms with van der Waals surface area (Å²) < 4.78 is 44.3. The van der Waals surface area contributed by atoms with Crippen molar-refractivity contribution in [3.63, 3.8) is 0 Å². The summed E-state index contributed by atoms with van der Waals surface area (Å²) in [5, 5.41) is 2.38. The Labute approximate surface area is 131 Å². The smallest absolute Gasteiger partial charge is 0.431 e. The van der Waals surface area contributed by atoms with Crippen molar-refractivity contribution in [2.75, 3.05) is 11.9 Å². The molecule has 11 heteroatoms. The zero-order valence-electron chi connectivity index (χ0n) is 12.0. The lowest BCUT2D eigenvalue weighted by Crippen LogP contribution is -2.41. The molecule has 1 amide bonds. The highest BCUT2D eigenvalue weighted by Gasteiger charge is 2.35. The summed E-state index contributed by atoms with van der Waals surface area (Å²) >= 11 is 0. The van der Waals surface area contributed by atoms with Gasteiger partial charge in [-0.1, -0.05) is 0 Å². The van der Waals surface area contributed by atoms with Gasteiger partial charge in [-0.3, -0.25) is 14.2 Å². The maximum absolute atomic E-state index is 12.8. The highest BCUT2D eigenvalue weighted by atomic mass is 19.4. The molecule has 8 nitrogen and oxygen atoms in total. The van der Waals surface area contributed by atoms with Crippen molar-refractivity contribution in [3.05, 3.63) is 44.7 Å². The number of anilines is 1. The molecular formula is C13H9F3N4O4. The van der Waals surface area contributed by atoms with Gasteiger partial charge in [0.25, 0.3) is 11.5 Å². The predicted octanol–water partition coefficient (Wildman–Crippen LogP) is 0.281. The van der Waals surface area contributed by atoms with Crippen molar-refractivity contribution in [2.45, 2.75) is 6.18 Å². The van der Waals surface area contributed by atoms with Gasteiger partial charge in [-0.15, -0.1) is 0 Å². The molecule has 3 rings (SSSR count). The van der Waals surface area contributed by atoms with E-state index in [-0.39, 0.29) is 24.0 Å². The molecule has 0 saturated carbocycles. The molecule has 3 heterocycles. The van der Waals surface area contributed by atoms with Gasteiger partial charge in [0, 0.05) is 13.1 Å². The summed E-state index contributed by atoms with van der Waals surface area (Å²) in [4.78, 5) is 39.3. The molecule has 0 radical (unpaired) electrons. The van der Waals surface area contributed by atoms with E-state index in [0.717, 1.165) is 7.05 Å². The number of pyridine rings is 1. The van der Waals surface area contributed by atoms with E-state index in [9.17, 15) is 27.6 Å². The number of hydrogen-bond donors (Lipinski definition) is 1. The standard InChI is InChI=1S/C13H9F3N4O4/c1-19-7(13(14,15)16)4-10(22)20(12(19)23)8-3-2-6-11(17-8)18-9(21)5-24-6/h2-4H,5H2,1H3,(H,17,18,21). The van der Waals surface area contributed by atoms with Gasteiger partial charge in [0.15, 0.2) is 18.2 Å². The number of amides is 1. The number of fused-ring (bicyclic) bond motifs is 1. The number of carbonyl (C=O) groups is 1. The normalized spacial score (nSPS) is 13.9. The fourth-order valence-electron chi connectivity index (χ4n) is 2.19. The summed E-state index contributed by atoms with van der Waals surface area (Å²) in [5.74, 6) is -0.536. The Morgan fingerprint density at radius 1 is 1.25 bits per heavy atom. The number of alkyl halides is 3. The average Bonchev–Trinajstić information content (AvgIpc) is 2.49. The third-order valence-corrected chi connectivity index (χ3v) is 3.30. The second-order valence-corrected chi connectivity index (χ2v) is 4.90. The second-order valence-electron chi connectivity index (χ2n) is 4.90. The Morgan fingerprint density at radius 3 is 2.62 bits per heavy atom. The quantitative estimate of drug-likeness (QED) is 0.803. The molecule has 0 aromatic carbocycles. The molecule has 0 unspecified atom stereocenters. The number of hydrogen-bond acceptors (Lipinski definition) is 5. The van der Waals surface area contributed by atoms with E-state index >= 15 is 0 Å². The highest BCUT2D eigenvalue weighted by molar-refractivity contribution is 5.94. The van der Waals surface area contributed by atoms with Crippen molar-refractivity contribution in [3.8, 4) is 11.6 Å². The lowest BCUT2D eigenvalue weighted by molar-refractivity contribution is -0.144. The molecule has 0 aliphatic carbocycles. The number of halogens is 3. The van der Waals surface area contributed by atoms with Gasteiger partial charge in [-0.25, -0.2) is 14.3 Å². The minimum Gasteiger partial charge on any atom is -0.480 e. The maximum Gasteiger partial charge on any atom is 0.431 e. The number of rotatable bonds is 1. The van der Waals surface area contributed by atoms with Crippen LogP contribution in [0.3, 0.4) is 0 Å². The molecule has 1 aliphatic heterocycles. The molecule has 0 atom stereocenters. The number of carbonyl (C=O) groups excluding carboxylic acids is 1. The molecule has 1 N–H and O–H groups in total. The van der Waals surface area contributed by atoms with E-state index in [4.69, 9.17) is 4.74 Å². The molecular weight excluding hydrogens is 333 g/mol. The van der Waals surface area contributed by atoms with Crippen LogP contribution in [-0.2, 0) is 18.0 Å². The van der Waals surface area contributed by atoms with Gasteiger partial charge >= 0.3 is 11.9 Å². The van der Waals surface area contributed by atoms with Crippen LogP contribution in [0.15, 0.2) is 27.8 Å². The largest absolute Gasteiger partial charge is 0.480 e. The summed E-state index contributed by atoms with van der Waals surface area (Å²) in [6, 6.07) is 2.88. The first-order chi connectivity index (χ1) is 11.2. The van der Waals surface area contributed by atoms with Crippen LogP contribution in [-0.4, -0.2) is 26.6 Å². The number of nitrogens with zero attached hydrogens (tertiary/aromatic N) is 3. The van der Waals surface area contributed by atoms with Gasteiger partial charge < -0.3 is 10.1 Å². The van der Waals surface area contributed by atoms with Gasteiger partial charge in [-0.05, 0) is 12.1 Å². The van der Waals surface area contributed by atoms with Crippen molar-refractivity contribution < 1.29 is 22.7 Å². The summed E-state index contributed by atoms with van der Waals surface area (Å²) in [6.45, 7) is -0.212. The topological polar surface area (TPSA) is 95.2 Å².